The first-order valence-corrected chi connectivity index (χ1v) is 15.2. The largest absolute Gasteiger partial charge is 0.294 e. The van der Waals surface area contributed by atoms with E-state index in [1.54, 1.807) is 18.2 Å². The monoisotopic (exact) mass is 544 g/mol. The molecule has 3 aromatic carbocycles. The van der Waals surface area contributed by atoms with Crippen molar-refractivity contribution in [2.24, 2.45) is 0 Å². The minimum atomic E-state index is -4.59. The summed E-state index contributed by atoms with van der Waals surface area (Å²) >= 11 is 0. The van der Waals surface area contributed by atoms with Crippen molar-refractivity contribution >= 4 is 54.2 Å². The molecule has 3 N–H and O–H groups in total. The molecule has 0 heterocycles. The van der Waals surface area contributed by atoms with Gasteiger partial charge in [-0.1, -0.05) is 36.4 Å². The molecule has 0 aromatic heterocycles. The molecule has 0 bridgehead atoms. The third-order valence-electron chi connectivity index (χ3n) is 5.12. The molecular weight excluding hydrogens is 523 g/mol. The van der Waals surface area contributed by atoms with Gasteiger partial charge in [-0.3, -0.25) is 13.7 Å². The standard InChI is InChI=1S/C21H21O9PS3/c1-13-4-7-16(10-19(13)32(22,23)24)31(17-8-5-14(2)20(11-17)33(25,26)27)18-9-6-15(3)21(12-18)34(28,29)30/h4-12H,1-3H3,(H,22,23,24)(H,25,26,27)(H,28,29,30). The van der Waals surface area contributed by atoms with Crippen LogP contribution in [0, 0.1) is 20.8 Å². The topological polar surface area (TPSA) is 163 Å². The Morgan fingerprint density at radius 3 is 0.941 bits per heavy atom. The minimum Gasteiger partial charge on any atom is -0.282 e. The molecule has 0 aliphatic carbocycles. The van der Waals surface area contributed by atoms with Crippen LogP contribution in [0.25, 0.3) is 0 Å². The second kappa shape index (κ2) is 9.12. The van der Waals surface area contributed by atoms with Gasteiger partial charge in [-0.2, -0.15) is 25.3 Å². The molecule has 0 fully saturated rings. The zero-order chi connectivity index (χ0) is 25.6. The van der Waals surface area contributed by atoms with Gasteiger partial charge < -0.3 is 0 Å². The lowest BCUT2D eigenvalue weighted by Gasteiger charge is -2.22. The van der Waals surface area contributed by atoms with E-state index in [1.807, 2.05) is 0 Å². The third-order valence-corrected chi connectivity index (χ3v) is 10.5. The van der Waals surface area contributed by atoms with Crippen LogP contribution >= 0.6 is 7.92 Å². The molecule has 182 valence electrons. The molecule has 13 heteroatoms. The van der Waals surface area contributed by atoms with E-state index < -0.39 is 38.3 Å². The highest BCUT2D eigenvalue weighted by Crippen LogP contribution is 2.36. The zero-order valence-electron chi connectivity index (χ0n) is 18.2. The molecule has 3 rings (SSSR count). The summed E-state index contributed by atoms with van der Waals surface area (Å²) in [5.74, 6) is 0. The van der Waals surface area contributed by atoms with Crippen molar-refractivity contribution in [3.63, 3.8) is 0 Å². The fourth-order valence-corrected chi connectivity index (χ4v) is 8.32. The van der Waals surface area contributed by atoms with Gasteiger partial charge in [-0.25, -0.2) is 0 Å². The Bertz CT molecular complexity index is 1420. The number of rotatable bonds is 6. The van der Waals surface area contributed by atoms with Crippen molar-refractivity contribution in [2.75, 3.05) is 0 Å². The predicted molar refractivity (Wildman–Crippen MR) is 129 cm³/mol. The summed E-state index contributed by atoms with van der Waals surface area (Å²) in [5, 5.41) is 1.05. The lowest BCUT2D eigenvalue weighted by molar-refractivity contribution is 0.480. The van der Waals surface area contributed by atoms with Gasteiger partial charge >= 0.3 is 0 Å². The highest BCUT2D eigenvalue weighted by Gasteiger charge is 2.25. The fourth-order valence-electron chi connectivity index (χ4n) is 3.46. The predicted octanol–water partition coefficient (Wildman–Crippen LogP) is 2.11. The summed E-state index contributed by atoms with van der Waals surface area (Å²) in [4.78, 5) is -1.08. The number of benzene rings is 3. The minimum absolute atomic E-state index is 0.270. The van der Waals surface area contributed by atoms with Crippen molar-refractivity contribution in [1.29, 1.82) is 0 Å². The maximum atomic E-state index is 11.9. The smallest absolute Gasteiger partial charge is 0.282 e. The Morgan fingerprint density at radius 1 is 0.500 bits per heavy atom. The second-order valence-corrected chi connectivity index (χ2v) is 14.0. The lowest BCUT2D eigenvalue weighted by atomic mass is 10.2. The van der Waals surface area contributed by atoms with Crippen LogP contribution in [0.2, 0.25) is 0 Å². The Morgan fingerprint density at radius 2 is 0.735 bits per heavy atom. The van der Waals surface area contributed by atoms with Crippen LogP contribution in [0.4, 0.5) is 0 Å². The van der Waals surface area contributed by atoms with Crippen LogP contribution in [-0.2, 0) is 30.4 Å². The molecule has 0 radical (unpaired) electrons. The van der Waals surface area contributed by atoms with E-state index in [-0.39, 0.29) is 31.4 Å². The van der Waals surface area contributed by atoms with Crippen molar-refractivity contribution in [3.05, 3.63) is 71.3 Å². The average molecular weight is 545 g/mol. The molecule has 9 nitrogen and oxygen atoms in total. The van der Waals surface area contributed by atoms with Crippen molar-refractivity contribution < 1.29 is 38.9 Å². The van der Waals surface area contributed by atoms with E-state index in [2.05, 4.69) is 0 Å². The molecular formula is C21H21O9PS3. The Balaban J connectivity index is 2.40. The van der Waals surface area contributed by atoms with E-state index in [0.717, 1.165) is 0 Å². The maximum absolute atomic E-state index is 11.9. The van der Waals surface area contributed by atoms with E-state index >= 15 is 0 Å². The Kier molecular flexibility index (Phi) is 7.09. The number of hydrogen-bond acceptors (Lipinski definition) is 6. The maximum Gasteiger partial charge on any atom is 0.294 e. The van der Waals surface area contributed by atoms with E-state index in [9.17, 15) is 38.9 Å². The van der Waals surface area contributed by atoms with Gasteiger partial charge in [0, 0.05) is 0 Å². The van der Waals surface area contributed by atoms with E-state index in [4.69, 9.17) is 0 Å². The second-order valence-electron chi connectivity index (χ2n) is 7.61. The van der Waals surface area contributed by atoms with Gasteiger partial charge in [0.2, 0.25) is 0 Å². The first-order chi connectivity index (χ1) is 15.5. The number of aryl methyl sites for hydroxylation is 3. The van der Waals surface area contributed by atoms with Gasteiger partial charge in [-0.05, 0) is 79.5 Å². The normalized spacial score (nSPS) is 12.8. The van der Waals surface area contributed by atoms with Crippen LogP contribution < -0.4 is 15.9 Å². The average Bonchev–Trinajstić information content (AvgIpc) is 2.69. The highest BCUT2D eigenvalue weighted by atomic mass is 32.2. The van der Waals surface area contributed by atoms with Gasteiger partial charge in [0.15, 0.2) is 0 Å². The lowest BCUT2D eigenvalue weighted by Crippen LogP contribution is -2.23. The van der Waals surface area contributed by atoms with Crippen molar-refractivity contribution in [2.45, 2.75) is 35.5 Å². The molecule has 0 aliphatic heterocycles. The van der Waals surface area contributed by atoms with Crippen LogP contribution in [-0.4, -0.2) is 38.9 Å². The molecule has 3 aromatic rings. The molecule has 34 heavy (non-hydrogen) atoms. The molecule has 0 atom stereocenters. The summed E-state index contributed by atoms with van der Waals surface area (Å²) in [7, 11) is -15.6. The number of hydrogen-bond donors (Lipinski definition) is 3. The quantitative estimate of drug-likeness (QED) is 0.311. The van der Waals surface area contributed by atoms with Gasteiger partial charge in [-0.15, -0.1) is 0 Å². The van der Waals surface area contributed by atoms with Crippen molar-refractivity contribution in [3.8, 4) is 0 Å². The molecule has 0 spiro atoms. The van der Waals surface area contributed by atoms with Crippen LogP contribution in [0.15, 0.2) is 69.3 Å². The molecule has 0 amide bonds. The van der Waals surface area contributed by atoms with E-state index in [0.29, 0.717) is 15.9 Å². The van der Waals surface area contributed by atoms with Crippen LogP contribution in [0.5, 0.6) is 0 Å². The van der Waals surface area contributed by atoms with Crippen LogP contribution in [0.1, 0.15) is 16.7 Å². The highest BCUT2D eigenvalue weighted by molar-refractivity contribution is 7.86. The summed E-state index contributed by atoms with van der Waals surface area (Å²) < 4.78 is 100. The first kappa shape index (κ1) is 26.4. The van der Waals surface area contributed by atoms with Crippen LogP contribution in [0.3, 0.4) is 0 Å². The molecule has 0 aliphatic rings. The SMILES string of the molecule is Cc1ccc(P(c2ccc(C)c(S(=O)(=O)O)c2)c2ccc(C)c(S(=O)(=O)O)c2)cc1S(=O)(=O)O. The van der Waals surface area contributed by atoms with Gasteiger partial charge in [0.25, 0.3) is 30.4 Å². The Labute approximate surface area is 199 Å². The summed E-state index contributed by atoms with van der Waals surface area (Å²) in [5.41, 5.74) is 0.809. The molecule has 0 unspecified atom stereocenters. The summed E-state index contributed by atoms with van der Waals surface area (Å²) in [6, 6.07) is 12.8. The summed E-state index contributed by atoms with van der Waals surface area (Å²) in [6.07, 6.45) is 0. The molecule has 0 saturated heterocycles. The van der Waals surface area contributed by atoms with E-state index in [1.165, 1.54) is 57.2 Å². The van der Waals surface area contributed by atoms with Gasteiger partial charge in [0.05, 0.1) is 14.7 Å². The first-order valence-electron chi connectivity index (χ1n) is 9.55. The third kappa shape index (κ3) is 5.55. The zero-order valence-corrected chi connectivity index (χ0v) is 21.5. The van der Waals surface area contributed by atoms with Gasteiger partial charge in [0.1, 0.15) is 0 Å². The fraction of sp³-hybridized carbons (Fsp3) is 0.143. The summed E-state index contributed by atoms with van der Waals surface area (Å²) in [6.45, 7) is 4.46. The molecule has 0 saturated carbocycles. The van der Waals surface area contributed by atoms with Crippen molar-refractivity contribution in [1.82, 2.24) is 0 Å². The Hall–Kier alpha value is -2.18.